The van der Waals surface area contributed by atoms with Crippen molar-refractivity contribution < 1.29 is 24.5 Å². The van der Waals surface area contributed by atoms with Gasteiger partial charge in [0.2, 0.25) is 5.95 Å². The van der Waals surface area contributed by atoms with E-state index in [0.29, 0.717) is 5.02 Å². The summed E-state index contributed by atoms with van der Waals surface area (Å²) in [7, 11) is 0. The van der Waals surface area contributed by atoms with Gasteiger partial charge in [0.15, 0.2) is 28.7 Å². The Morgan fingerprint density at radius 2 is 2.10 bits per heavy atom. The van der Waals surface area contributed by atoms with Crippen LogP contribution in [0.2, 0.25) is 5.02 Å². The predicted molar refractivity (Wildman–Crippen MR) is 111 cm³/mol. The molecule has 0 unspecified atom stereocenters. The molecule has 0 bridgehead atoms. The smallest absolute Gasteiger partial charge is 0.303 e. The predicted octanol–water partition coefficient (Wildman–Crippen LogP) is 0.689. The fraction of sp³-hybridized carbons (Fsp3) is 0.333. The van der Waals surface area contributed by atoms with Gasteiger partial charge in [0.1, 0.15) is 12.2 Å². The van der Waals surface area contributed by atoms with Crippen molar-refractivity contribution in [3.63, 3.8) is 0 Å². The van der Waals surface area contributed by atoms with Gasteiger partial charge in [-0.2, -0.15) is 4.98 Å². The van der Waals surface area contributed by atoms with E-state index < -0.39 is 42.7 Å². The van der Waals surface area contributed by atoms with Crippen LogP contribution in [0, 0.1) is 0 Å². The third-order valence-electron chi connectivity index (χ3n) is 4.61. The van der Waals surface area contributed by atoms with Crippen LogP contribution in [0.1, 0.15) is 13.2 Å². The van der Waals surface area contributed by atoms with Crippen LogP contribution in [-0.4, -0.2) is 60.6 Å². The number of benzene rings is 1. The Labute approximate surface area is 184 Å². The lowest BCUT2D eigenvalue weighted by atomic mass is 10.1. The van der Waals surface area contributed by atoms with E-state index in [0.717, 1.165) is 4.90 Å². The number of hydrogen-bond donors (Lipinski definition) is 4. The fourth-order valence-corrected chi connectivity index (χ4v) is 4.32. The molecule has 3 heterocycles. The van der Waals surface area contributed by atoms with Crippen LogP contribution in [0.5, 0.6) is 0 Å². The molecule has 0 spiro atoms. The topological polar surface area (TPSA) is 166 Å². The molecule has 5 N–H and O–H groups in total. The number of aromatic amines is 1. The van der Waals surface area contributed by atoms with Crippen molar-refractivity contribution in [2.45, 2.75) is 41.5 Å². The Kier molecular flexibility index (Phi) is 5.90. The van der Waals surface area contributed by atoms with E-state index >= 15 is 0 Å². The maximum absolute atomic E-state index is 12.4. The minimum Gasteiger partial charge on any atom is -0.455 e. The second kappa shape index (κ2) is 8.48. The van der Waals surface area contributed by atoms with Crippen molar-refractivity contribution in [3.05, 3.63) is 39.6 Å². The number of rotatable bonds is 5. The summed E-state index contributed by atoms with van der Waals surface area (Å²) in [6.45, 7) is 0.671. The quantitative estimate of drug-likeness (QED) is 0.392. The monoisotopic (exact) mass is 467 g/mol. The van der Waals surface area contributed by atoms with Crippen molar-refractivity contribution in [3.8, 4) is 0 Å². The van der Waals surface area contributed by atoms with E-state index in [1.165, 1.54) is 23.3 Å². The molecule has 0 saturated carbocycles. The highest BCUT2D eigenvalue weighted by molar-refractivity contribution is 7.99. The van der Waals surface area contributed by atoms with Gasteiger partial charge in [-0.15, -0.1) is 0 Å². The Hall–Kier alpha value is -2.64. The fourth-order valence-electron chi connectivity index (χ4n) is 3.29. The minimum absolute atomic E-state index is 0.0159. The number of esters is 1. The van der Waals surface area contributed by atoms with E-state index in [4.69, 9.17) is 26.8 Å². The second-order valence-corrected chi connectivity index (χ2v) is 8.23. The lowest BCUT2D eigenvalue weighted by molar-refractivity contribution is -0.156. The molecule has 1 aromatic carbocycles. The van der Waals surface area contributed by atoms with Crippen LogP contribution in [0.15, 0.2) is 39.1 Å². The molecule has 13 heteroatoms. The Bertz CT molecular complexity index is 1180. The first-order valence-corrected chi connectivity index (χ1v) is 10.3. The molecule has 1 fully saturated rings. The van der Waals surface area contributed by atoms with Crippen LogP contribution in [0.25, 0.3) is 11.2 Å². The molecule has 3 aromatic rings. The molecule has 1 saturated heterocycles. The van der Waals surface area contributed by atoms with Crippen LogP contribution in [-0.2, 0) is 14.3 Å². The number of carbonyl (C=O) groups is 1. The van der Waals surface area contributed by atoms with Crippen LogP contribution in [0.3, 0.4) is 0 Å². The molecular formula is C18H18ClN5O6S. The summed E-state index contributed by atoms with van der Waals surface area (Å²) in [5.74, 6) is -0.805. The number of nitrogens with zero attached hydrogens (tertiary/aromatic N) is 3. The SMILES string of the molecule is CC(=O)O[C@@H]1[C@H](O)[C@@H](CO)O[C@H]1n1c(Sc2ccc(Cl)cc2)nc2c(=O)[nH]c(N)nc21. The summed E-state index contributed by atoms with van der Waals surface area (Å²) < 4.78 is 12.5. The maximum Gasteiger partial charge on any atom is 0.303 e. The molecular weight excluding hydrogens is 450 g/mol. The Morgan fingerprint density at radius 1 is 1.39 bits per heavy atom. The number of nitrogens with one attached hydrogen (secondary N) is 1. The summed E-state index contributed by atoms with van der Waals surface area (Å²) >= 11 is 7.12. The van der Waals surface area contributed by atoms with E-state index in [2.05, 4.69) is 15.0 Å². The number of fused-ring (bicyclic) bond motifs is 1. The normalized spacial score (nSPS) is 23.4. The van der Waals surface area contributed by atoms with Gasteiger partial charge in [0.25, 0.3) is 5.56 Å². The molecule has 4 rings (SSSR count). The number of aromatic nitrogens is 4. The van der Waals surface area contributed by atoms with Crippen molar-refractivity contribution in [1.82, 2.24) is 19.5 Å². The second-order valence-electron chi connectivity index (χ2n) is 6.76. The highest BCUT2D eigenvalue weighted by atomic mass is 35.5. The molecule has 0 amide bonds. The summed E-state index contributed by atoms with van der Waals surface area (Å²) in [5, 5.41) is 20.9. The summed E-state index contributed by atoms with van der Waals surface area (Å²) in [4.78, 5) is 35.7. The molecule has 11 nitrogen and oxygen atoms in total. The maximum atomic E-state index is 12.4. The number of H-pyrrole nitrogens is 1. The number of nitrogen functional groups attached to an aromatic ring is 1. The molecule has 0 radical (unpaired) electrons. The van der Waals surface area contributed by atoms with Gasteiger partial charge in [-0.3, -0.25) is 19.1 Å². The van der Waals surface area contributed by atoms with Gasteiger partial charge in [-0.05, 0) is 24.3 Å². The van der Waals surface area contributed by atoms with Gasteiger partial charge >= 0.3 is 5.97 Å². The zero-order valence-electron chi connectivity index (χ0n) is 16.1. The Balaban J connectivity index is 1.88. The number of aliphatic hydroxyl groups is 2. The van der Waals surface area contributed by atoms with E-state index in [9.17, 15) is 19.8 Å². The number of nitrogens with two attached hydrogens (primary N) is 1. The summed E-state index contributed by atoms with van der Waals surface area (Å²) in [6.07, 6.45) is -4.65. The van der Waals surface area contributed by atoms with E-state index in [1.807, 2.05) is 0 Å². The number of anilines is 1. The average Bonchev–Trinajstić information content (AvgIpc) is 3.21. The highest BCUT2D eigenvalue weighted by Crippen LogP contribution is 2.38. The van der Waals surface area contributed by atoms with Crippen LogP contribution < -0.4 is 11.3 Å². The van der Waals surface area contributed by atoms with Gasteiger partial charge in [-0.1, -0.05) is 23.4 Å². The van der Waals surface area contributed by atoms with Crippen molar-refractivity contribution in [2.75, 3.05) is 12.3 Å². The van der Waals surface area contributed by atoms with Crippen molar-refractivity contribution in [2.24, 2.45) is 0 Å². The van der Waals surface area contributed by atoms with Crippen LogP contribution in [0.4, 0.5) is 5.95 Å². The van der Waals surface area contributed by atoms with Gasteiger partial charge in [0, 0.05) is 16.8 Å². The van der Waals surface area contributed by atoms with E-state index in [1.54, 1.807) is 24.3 Å². The van der Waals surface area contributed by atoms with Gasteiger partial charge in [0.05, 0.1) is 6.61 Å². The Morgan fingerprint density at radius 3 is 2.74 bits per heavy atom. The first kappa shape index (κ1) is 21.6. The molecule has 31 heavy (non-hydrogen) atoms. The third kappa shape index (κ3) is 4.12. The minimum atomic E-state index is -1.32. The lowest BCUT2D eigenvalue weighted by Crippen LogP contribution is -2.36. The number of carbonyl (C=O) groups excluding carboxylic acids is 1. The van der Waals surface area contributed by atoms with Gasteiger partial charge in [-0.25, -0.2) is 4.98 Å². The number of halogens is 1. The summed E-state index contributed by atoms with van der Waals surface area (Å²) in [5.41, 5.74) is 5.21. The average molecular weight is 468 g/mol. The standard InChI is InChI=1S/C18H18ClN5O6S/c1-7(26)29-13-12(27)10(6-25)30-16(13)24-14-11(15(28)23-17(20)22-14)21-18(24)31-9-4-2-8(19)3-5-9/h2-5,10,12-13,16,25,27H,6H2,1H3,(H3,20,22,23,28)/t10-,12-,13-,16-/m1/s1. The molecule has 164 valence electrons. The number of imidazole rings is 1. The first-order valence-electron chi connectivity index (χ1n) is 9.11. The largest absolute Gasteiger partial charge is 0.455 e. The molecule has 0 aliphatic carbocycles. The number of aliphatic hydroxyl groups excluding tert-OH is 2. The van der Waals surface area contributed by atoms with Crippen molar-refractivity contribution >= 4 is 46.4 Å². The molecule has 4 atom stereocenters. The molecule has 2 aromatic heterocycles. The summed E-state index contributed by atoms with van der Waals surface area (Å²) in [6, 6.07) is 6.90. The van der Waals surface area contributed by atoms with Gasteiger partial charge < -0.3 is 25.4 Å². The lowest BCUT2D eigenvalue weighted by Gasteiger charge is -2.22. The molecule has 1 aliphatic rings. The van der Waals surface area contributed by atoms with Crippen LogP contribution >= 0.6 is 23.4 Å². The third-order valence-corrected chi connectivity index (χ3v) is 5.84. The number of hydrogen-bond acceptors (Lipinski definition) is 10. The van der Waals surface area contributed by atoms with E-state index in [-0.39, 0.29) is 22.3 Å². The zero-order valence-corrected chi connectivity index (χ0v) is 17.6. The zero-order chi connectivity index (χ0) is 22.3. The van der Waals surface area contributed by atoms with Crippen molar-refractivity contribution in [1.29, 1.82) is 0 Å². The highest BCUT2D eigenvalue weighted by Gasteiger charge is 2.48. The number of ether oxygens (including phenoxy) is 2. The molecule has 1 aliphatic heterocycles. The first-order chi connectivity index (χ1) is 14.8.